The molecule has 2 atom stereocenters. The summed E-state index contributed by atoms with van der Waals surface area (Å²) in [5.41, 5.74) is 1.07. The predicted molar refractivity (Wildman–Crippen MR) is 79.6 cm³/mol. The van der Waals surface area contributed by atoms with Crippen molar-refractivity contribution in [1.82, 2.24) is 15.5 Å². The number of nitrogens with one attached hydrogen (secondary N) is 1. The molecule has 2 unspecified atom stereocenters. The summed E-state index contributed by atoms with van der Waals surface area (Å²) in [7, 11) is 0. The molecule has 2 saturated carbocycles. The fraction of sp³-hybridized carbons (Fsp3) is 0.750. The van der Waals surface area contributed by atoms with Crippen LogP contribution in [0.4, 0.5) is 5.82 Å². The van der Waals surface area contributed by atoms with Crippen molar-refractivity contribution < 1.29 is 0 Å². The number of fused-ring (bicyclic) bond motifs is 1. The Kier molecular flexibility index (Phi) is 3.34. The molecule has 4 heteroatoms. The lowest BCUT2D eigenvalue weighted by Crippen LogP contribution is -2.43. The van der Waals surface area contributed by atoms with Gasteiger partial charge in [-0.1, -0.05) is 6.42 Å². The molecule has 1 aromatic rings. The van der Waals surface area contributed by atoms with Crippen LogP contribution < -0.4 is 10.2 Å². The molecule has 1 saturated heterocycles. The van der Waals surface area contributed by atoms with Gasteiger partial charge in [-0.15, -0.1) is 5.10 Å². The highest BCUT2D eigenvalue weighted by atomic mass is 15.3. The molecule has 1 aromatic heterocycles. The lowest BCUT2D eigenvalue weighted by molar-refractivity contribution is 0.360. The summed E-state index contributed by atoms with van der Waals surface area (Å²) in [6, 6.07) is 5.79. The first-order valence-electron chi connectivity index (χ1n) is 8.23. The van der Waals surface area contributed by atoms with Crippen LogP contribution in [0.1, 0.15) is 50.6 Å². The Morgan fingerprint density at radius 3 is 2.75 bits per heavy atom. The van der Waals surface area contributed by atoms with E-state index < -0.39 is 0 Å². The lowest BCUT2D eigenvalue weighted by Gasteiger charge is -2.38. The molecule has 1 N–H and O–H groups in total. The fourth-order valence-corrected chi connectivity index (χ4v) is 3.88. The Morgan fingerprint density at radius 2 is 1.95 bits per heavy atom. The maximum atomic E-state index is 4.50. The normalized spacial score (nSPS) is 29.5. The van der Waals surface area contributed by atoms with E-state index in [1.807, 2.05) is 0 Å². The van der Waals surface area contributed by atoms with Crippen molar-refractivity contribution in [2.45, 2.75) is 63.6 Å². The monoisotopic (exact) mass is 272 g/mol. The van der Waals surface area contributed by atoms with Gasteiger partial charge >= 0.3 is 0 Å². The number of aromatic nitrogens is 2. The Balaban J connectivity index is 1.44. The minimum Gasteiger partial charge on any atom is -0.352 e. The first kappa shape index (κ1) is 12.6. The van der Waals surface area contributed by atoms with Gasteiger partial charge in [0.1, 0.15) is 0 Å². The third-order valence-corrected chi connectivity index (χ3v) is 5.14. The average molecular weight is 272 g/mol. The fourth-order valence-electron chi connectivity index (χ4n) is 3.88. The number of anilines is 1. The van der Waals surface area contributed by atoms with E-state index >= 15 is 0 Å². The predicted octanol–water partition coefficient (Wildman–Crippen LogP) is 2.50. The number of piperidine rings is 1. The molecule has 4 nitrogen and oxygen atoms in total. The maximum Gasteiger partial charge on any atom is 0.151 e. The van der Waals surface area contributed by atoms with Crippen LogP contribution in [0, 0.1) is 5.92 Å². The first-order valence-corrected chi connectivity index (χ1v) is 8.23. The molecule has 0 radical (unpaired) electrons. The zero-order chi connectivity index (χ0) is 13.4. The van der Waals surface area contributed by atoms with Gasteiger partial charge in [-0.3, -0.25) is 0 Å². The van der Waals surface area contributed by atoms with Crippen molar-refractivity contribution in [3.8, 4) is 0 Å². The van der Waals surface area contributed by atoms with Crippen LogP contribution in [0.5, 0.6) is 0 Å². The van der Waals surface area contributed by atoms with Crippen molar-refractivity contribution in [3.63, 3.8) is 0 Å². The van der Waals surface area contributed by atoms with E-state index in [1.54, 1.807) is 0 Å². The summed E-state index contributed by atoms with van der Waals surface area (Å²) in [6.07, 6.45) is 9.52. The molecule has 3 aliphatic rings. The van der Waals surface area contributed by atoms with Crippen molar-refractivity contribution in [1.29, 1.82) is 0 Å². The van der Waals surface area contributed by atoms with Crippen LogP contribution in [-0.2, 0) is 6.54 Å². The summed E-state index contributed by atoms with van der Waals surface area (Å²) in [5.74, 6) is 2.00. The molecule has 4 rings (SSSR count). The average Bonchev–Trinajstić information content (AvgIpc) is 3.20. The SMILES string of the molecule is c1cc(N2CCCC3CCCC32)nnc1CNC1CC1. The molecule has 108 valence electrons. The molecule has 0 bridgehead atoms. The van der Waals surface area contributed by atoms with E-state index in [-0.39, 0.29) is 0 Å². The Labute approximate surface area is 121 Å². The highest BCUT2D eigenvalue weighted by Gasteiger charge is 2.35. The minimum absolute atomic E-state index is 0.730. The van der Waals surface area contributed by atoms with Crippen LogP contribution in [-0.4, -0.2) is 28.8 Å². The molecule has 2 heterocycles. The first-order chi connectivity index (χ1) is 9.90. The summed E-state index contributed by atoms with van der Waals surface area (Å²) >= 11 is 0. The summed E-state index contributed by atoms with van der Waals surface area (Å²) in [5, 5.41) is 12.4. The van der Waals surface area contributed by atoms with E-state index in [9.17, 15) is 0 Å². The smallest absolute Gasteiger partial charge is 0.151 e. The zero-order valence-corrected chi connectivity index (χ0v) is 12.1. The Bertz CT molecular complexity index is 454. The molecular formula is C16H24N4. The van der Waals surface area contributed by atoms with Gasteiger partial charge in [0.15, 0.2) is 5.82 Å². The summed E-state index contributed by atoms with van der Waals surface area (Å²) in [4.78, 5) is 2.52. The van der Waals surface area contributed by atoms with Gasteiger partial charge in [0.2, 0.25) is 0 Å². The summed E-state index contributed by atoms with van der Waals surface area (Å²) in [6.45, 7) is 2.03. The molecule has 0 spiro atoms. The van der Waals surface area contributed by atoms with Crippen LogP contribution in [0.25, 0.3) is 0 Å². The van der Waals surface area contributed by atoms with E-state index in [0.717, 1.165) is 42.6 Å². The van der Waals surface area contributed by atoms with Gasteiger partial charge in [-0.2, -0.15) is 5.10 Å². The van der Waals surface area contributed by atoms with E-state index in [0.29, 0.717) is 0 Å². The third kappa shape index (κ3) is 2.53. The molecule has 3 fully saturated rings. The van der Waals surface area contributed by atoms with Crippen molar-refractivity contribution in [2.24, 2.45) is 5.92 Å². The van der Waals surface area contributed by atoms with Crippen molar-refractivity contribution in [3.05, 3.63) is 17.8 Å². The lowest BCUT2D eigenvalue weighted by atomic mass is 9.92. The number of hydrogen-bond donors (Lipinski definition) is 1. The summed E-state index contributed by atoms with van der Waals surface area (Å²) < 4.78 is 0. The molecule has 20 heavy (non-hydrogen) atoms. The highest BCUT2D eigenvalue weighted by Crippen LogP contribution is 2.38. The zero-order valence-electron chi connectivity index (χ0n) is 12.1. The van der Waals surface area contributed by atoms with Gasteiger partial charge in [0, 0.05) is 25.2 Å². The highest BCUT2D eigenvalue weighted by molar-refractivity contribution is 5.40. The standard InChI is InChI=1S/C16H24N4/c1-3-12-4-2-10-20(15(12)5-1)16-9-8-14(18-19-16)11-17-13-6-7-13/h8-9,12-13,15,17H,1-7,10-11H2. The third-order valence-electron chi connectivity index (χ3n) is 5.14. The van der Waals surface area contributed by atoms with Gasteiger partial charge in [0.05, 0.1) is 5.69 Å². The molecule has 0 amide bonds. The number of rotatable bonds is 4. The largest absolute Gasteiger partial charge is 0.352 e. The van der Waals surface area contributed by atoms with E-state index in [4.69, 9.17) is 0 Å². The topological polar surface area (TPSA) is 41.1 Å². The van der Waals surface area contributed by atoms with Crippen LogP contribution in [0.15, 0.2) is 12.1 Å². The van der Waals surface area contributed by atoms with Crippen LogP contribution in [0.2, 0.25) is 0 Å². The quantitative estimate of drug-likeness (QED) is 0.914. The number of nitrogens with zero attached hydrogens (tertiary/aromatic N) is 3. The van der Waals surface area contributed by atoms with Gasteiger partial charge < -0.3 is 10.2 Å². The van der Waals surface area contributed by atoms with Crippen LogP contribution in [0.3, 0.4) is 0 Å². The molecule has 0 aromatic carbocycles. The molecular weight excluding hydrogens is 248 g/mol. The molecule has 2 aliphatic carbocycles. The van der Waals surface area contributed by atoms with Gasteiger partial charge in [0.25, 0.3) is 0 Å². The maximum absolute atomic E-state index is 4.50. The Hall–Kier alpha value is -1.16. The van der Waals surface area contributed by atoms with Crippen molar-refractivity contribution in [2.75, 3.05) is 11.4 Å². The Morgan fingerprint density at radius 1 is 1.05 bits per heavy atom. The van der Waals surface area contributed by atoms with E-state index in [2.05, 4.69) is 32.5 Å². The van der Waals surface area contributed by atoms with E-state index in [1.165, 1.54) is 44.9 Å². The van der Waals surface area contributed by atoms with Gasteiger partial charge in [-0.25, -0.2) is 0 Å². The second-order valence-corrected chi connectivity index (χ2v) is 6.63. The molecule has 1 aliphatic heterocycles. The second kappa shape index (κ2) is 5.32. The van der Waals surface area contributed by atoms with Crippen molar-refractivity contribution >= 4 is 5.82 Å². The minimum atomic E-state index is 0.730. The number of hydrogen-bond acceptors (Lipinski definition) is 4. The van der Waals surface area contributed by atoms with Crippen LogP contribution >= 0.6 is 0 Å². The second-order valence-electron chi connectivity index (χ2n) is 6.63. The van der Waals surface area contributed by atoms with Gasteiger partial charge in [-0.05, 0) is 56.6 Å².